The van der Waals surface area contributed by atoms with E-state index in [9.17, 15) is 14.7 Å². The molecule has 1 N–H and O–H groups in total. The zero-order valence-corrected chi connectivity index (χ0v) is 12.5. The van der Waals surface area contributed by atoms with Crippen LogP contribution in [0.3, 0.4) is 0 Å². The van der Waals surface area contributed by atoms with Gasteiger partial charge in [0.05, 0.1) is 11.5 Å². The number of hydrogen-bond acceptors (Lipinski definition) is 6. The Hall–Kier alpha value is -1.14. The molecule has 0 radical (unpaired) electrons. The Morgan fingerprint density at radius 3 is 2.40 bits per heavy atom. The van der Waals surface area contributed by atoms with E-state index in [1.165, 1.54) is 14.0 Å². The van der Waals surface area contributed by atoms with Gasteiger partial charge in [-0.1, -0.05) is 6.92 Å². The summed E-state index contributed by atoms with van der Waals surface area (Å²) < 4.78 is 16.1. The summed E-state index contributed by atoms with van der Waals surface area (Å²) in [7, 11) is 1.51. The molecule has 0 aromatic heterocycles. The monoisotopic (exact) mass is 286 g/mol. The number of ether oxygens (including phenoxy) is 3. The Bertz CT molecular complexity index is 412. The summed E-state index contributed by atoms with van der Waals surface area (Å²) in [6.45, 7) is 6.48. The fourth-order valence-electron chi connectivity index (χ4n) is 3.62. The van der Waals surface area contributed by atoms with Gasteiger partial charge in [-0.05, 0) is 13.8 Å². The second-order valence-electron chi connectivity index (χ2n) is 6.24. The lowest BCUT2D eigenvalue weighted by Gasteiger charge is -2.55. The van der Waals surface area contributed by atoms with Crippen LogP contribution in [0.25, 0.3) is 0 Å². The Balaban J connectivity index is 2.39. The van der Waals surface area contributed by atoms with Crippen molar-refractivity contribution in [3.63, 3.8) is 0 Å². The molecule has 6 atom stereocenters. The maximum absolute atomic E-state index is 12.1. The van der Waals surface area contributed by atoms with Crippen molar-refractivity contribution >= 4 is 11.9 Å². The van der Waals surface area contributed by atoms with E-state index in [1.54, 1.807) is 13.8 Å². The highest BCUT2D eigenvalue weighted by atomic mass is 16.6. The molecular weight excluding hydrogens is 264 g/mol. The van der Waals surface area contributed by atoms with Crippen LogP contribution in [0.1, 0.15) is 27.7 Å². The molecule has 1 aliphatic carbocycles. The number of hydrogen-bond donors (Lipinski definition) is 1. The largest absolute Gasteiger partial charge is 0.458 e. The smallest absolute Gasteiger partial charge is 0.310 e. The third-order valence-electron chi connectivity index (χ3n) is 4.39. The Labute approximate surface area is 118 Å². The summed E-state index contributed by atoms with van der Waals surface area (Å²) in [6.07, 6.45) is -1.69. The highest BCUT2D eigenvalue weighted by Crippen LogP contribution is 2.48. The van der Waals surface area contributed by atoms with Gasteiger partial charge in [-0.3, -0.25) is 9.59 Å². The number of aliphatic hydroxyl groups is 1. The molecule has 0 amide bonds. The zero-order valence-electron chi connectivity index (χ0n) is 12.5. The molecule has 2 aliphatic heterocycles. The highest BCUT2D eigenvalue weighted by Gasteiger charge is 2.63. The van der Waals surface area contributed by atoms with E-state index in [-0.39, 0.29) is 17.8 Å². The van der Waals surface area contributed by atoms with Gasteiger partial charge in [-0.2, -0.15) is 0 Å². The van der Waals surface area contributed by atoms with Crippen molar-refractivity contribution in [3.8, 4) is 0 Å². The second-order valence-corrected chi connectivity index (χ2v) is 6.24. The molecule has 2 bridgehead atoms. The first-order chi connectivity index (χ1) is 9.18. The van der Waals surface area contributed by atoms with Crippen molar-refractivity contribution in [1.82, 2.24) is 0 Å². The quantitative estimate of drug-likeness (QED) is 0.761. The standard InChI is InChI=1S/C14H22O6/c1-6-8-9(14(3,4)17)11(18-5)12(20-13(8)16)10(6)19-7(2)15/h6,8-12,17H,1-5H3/t6-,8+,9-,10+,11+,12-/m1/s1. The normalized spacial score (nSPS) is 40.4. The van der Waals surface area contributed by atoms with E-state index < -0.39 is 35.8 Å². The SMILES string of the molecule is CO[C@@H]1[C@@H]2OC(=O)[C@@H]([C@@H](C)[C@@H]2OC(C)=O)[C@H]1C(C)(C)O. The van der Waals surface area contributed by atoms with Gasteiger partial charge >= 0.3 is 11.9 Å². The fraction of sp³-hybridized carbons (Fsp3) is 0.857. The van der Waals surface area contributed by atoms with Crippen LogP contribution >= 0.6 is 0 Å². The lowest BCUT2D eigenvalue weighted by molar-refractivity contribution is -0.262. The molecule has 2 heterocycles. The summed E-state index contributed by atoms with van der Waals surface area (Å²) in [5.74, 6) is -1.92. The predicted molar refractivity (Wildman–Crippen MR) is 68.7 cm³/mol. The van der Waals surface area contributed by atoms with E-state index in [4.69, 9.17) is 14.2 Å². The van der Waals surface area contributed by atoms with Crippen LogP contribution in [0, 0.1) is 17.8 Å². The van der Waals surface area contributed by atoms with Crippen LogP contribution in [0.5, 0.6) is 0 Å². The summed E-state index contributed by atoms with van der Waals surface area (Å²) >= 11 is 0. The van der Waals surface area contributed by atoms with Crippen molar-refractivity contribution in [2.45, 2.75) is 51.6 Å². The lowest BCUT2D eigenvalue weighted by Crippen LogP contribution is -2.69. The van der Waals surface area contributed by atoms with Gasteiger partial charge in [0.1, 0.15) is 12.2 Å². The Kier molecular flexibility index (Phi) is 3.81. The van der Waals surface area contributed by atoms with Crippen LogP contribution in [0.15, 0.2) is 0 Å². The number of rotatable bonds is 3. The summed E-state index contributed by atoms with van der Waals surface area (Å²) in [6, 6.07) is 0. The van der Waals surface area contributed by atoms with E-state index >= 15 is 0 Å². The van der Waals surface area contributed by atoms with Crippen molar-refractivity contribution in [1.29, 1.82) is 0 Å². The third kappa shape index (κ3) is 2.31. The Morgan fingerprint density at radius 2 is 1.95 bits per heavy atom. The van der Waals surface area contributed by atoms with Crippen molar-refractivity contribution < 1.29 is 28.9 Å². The van der Waals surface area contributed by atoms with Gasteiger partial charge in [-0.25, -0.2) is 0 Å². The Morgan fingerprint density at radius 1 is 1.35 bits per heavy atom. The van der Waals surface area contributed by atoms with Gasteiger partial charge in [-0.15, -0.1) is 0 Å². The molecule has 0 spiro atoms. The van der Waals surface area contributed by atoms with E-state index in [0.29, 0.717) is 0 Å². The maximum atomic E-state index is 12.1. The molecule has 2 saturated heterocycles. The molecule has 6 nitrogen and oxygen atoms in total. The molecular formula is C14H22O6. The first-order valence-corrected chi connectivity index (χ1v) is 6.81. The average Bonchev–Trinajstić information content (AvgIpc) is 2.31. The summed E-state index contributed by atoms with van der Waals surface area (Å²) in [5, 5.41) is 10.4. The number of carbonyl (C=O) groups excluding carboxylic acids is 2. The summed E-state index contributed by atoms with van der Waals surface area (Å²) in [4.78, 5) is 23.3. The minimum absolute atomic E-state index is 0.215. The molecule has 0 aromatic rings. The van der Waals surface area contributed by atoms with Crippen molar-refractivity contribution in [2.24, 2.45) is 17.8 Å². The molecule has 0 unspecified atom stereocenters. The van der Waals surface area contributed by atoms with Crippen molar-refractivity contribution in [2.75, 3.05) is 7.11 Å². The number of fused-ring (bicyclic) bond motifs is 3. The van der Waals surface area contributed by atoms with E-state index in [1.807, 2.05) is 6.92 Å². The van der Waals surface area contributed by atoms with E-state index in [2.05, 4.69) is 0 Å². The topological polar surface area (TPSA) is 82.1 Å². The van der Waals surface area contributed by atoms with Gasteiger partial charge < -0.3 is 19.3 Å². The van der Waals surface area contributed by atoms with Crippen LogP contribution in [-0.2, 0) is 23.8 Å². The van der Waals surface area contributed by atoms with Gasteiger partial charge in [0.25, 0.3) is 0 Å². The molecule has 3 rings (SSSR count). The summed E-state index contributed by atoms with van der Waals surface area (Å²) in [5.41, 5.74) is -1.08. The maximum Gasteiger partial charge on any atom is 0.310 e. The van der Waals surface area contributed by atoms with Gasteiger partial charge in [0.2, 0.25) is 0 Å². The highest BCUT2D eigenvalue weighted by molar-refractivity contribution is 5.76. The zero-order chi connectivity index (χ0) is 15.2. The molecule has 6 heteroatoms. The van der Waals surface area contributed by atoms with Gasteiger partial charge in [0.15, 0.2) is 6.10 Å². The molecule has 3 fully saturated rings. The van der Waals surface area contributed by atoms with Crippen LogP contribution < -0.4 is 0 Å². The first kappa shape index (κ1) is 15.3. The second kappa shape index (κ2) is 5.00. The minimum atomic E-state index is -1.08. The average molecular weight is 286 g/mol. The third-order valence-corrected chi connectivity index (χ3v) is 4.39. The van der Waals surface area contributed by atoms with Crippen LogP contribution in [-0.4, -0.2) is 48.1 Å². The van der Waals surface area contributed by atoms with Gasteiger partial charge in [0, 0.05) is 25.9 Å². The molecule has 20 heavy (non-hydrogen) atoms. The molecule has 1 saturated carbocycles. The minimum Gasteiger partial charge on any atom is -0.458 e. The first-order valence-electron chi connectivity index (χ1n) is 6.81. The number of carbonyl (C=O) groups is 2. The van der Waals surface area contributed by atoms with E-state index in [0.717, 1.165) is 0 Å². The van der Waals surface area contributed by atoms with Crippen molar-refractivity contribution in [3.05, 3.63) is 0 Å². The molecule has 3 aliphatic rings. The fourth-order valence-corrected chi connectivity index (χ4v) is 3.62. The lowest BCUT2D eigenvalue weighted by atomic mass is 9.61. The van der Waals surface area contributed by atoms with Crippen LogP contribution in [0.2, 0.25) is 0 Å². The molecule has 114 valence electrons. The molecule has 0 aromatic carbocycles. The predicted octanol–water partition coefficient (Wildman–Crippen LogP) is 0.511. The number of esters is 2. The van der Waals surface area contributed by atoms with Crippen LogP contribution in [0.4, 0.5) is 0 Å². The number of methoxy groups -OCH3 is 1.